The van der Waals surface area contributed by atoms with E-state index in [1.54, 1.807) is 21.9 Å². The first-order chi connectivity index (χ1) is 11.7. The fraction of sp³-hybridized carbons (Fsp3) is 0.500. The molecule has 0 radical (unpaired) electrons. The van der Waals surface area contributed by atoms with E-state index in [-0.39, 0.29) is 12.1 Å². The largest absolute Gasteiger partial charge is 0.415 e. The first kappa shape index (κ1) is 18.0. The van der Waals surface area contributed by atoms with Gasteiger partial charge in [0.2, 0.25) is 0 Å². The number of nitrogens with two attached hydrogens (primary N) is 1. The molecule has 0 aliphatic carbocycles. The molecule has 2 N–H and O–H groups in total. The van der Waals surface area contributed by atoms with Gasteiger partial charge in [0, 0.05) is 26.2 Å². The van der Waals surface area contributed by atoms with Crippen molar-refractivity contribution < 1.29 is 23.8 Å². The first-order valence-corrected chi connectivity index (χ1v) is 7.88. The Balaban J connectivity index is 0.000000198. The van der Waals surface area contributed by atoms with Crippen molar-refractivity contribution in [1.29, 1.82) is 0 Å². The molecule has 2 fully saturated rings. The van der Waals surface area contributed by atoms with Crippen LogP contribution in [0.5, 0.6) is 5.75 Å². The van der Waals surface area contributed by atoms with Gasteiger partial charge in [-0.05, 0) is 12.1 Å². The number of ether oxygens (including phenoxy) is 3. The molecule has 2 saturated heterocycles. The highest BCUT2D eigenvalue weighted by molar-refractivity contribution is 5.72. The second-order valence-corrected chi connectivity index (χ2v) is 5.22. The number of hydrogen-bond donors (Lipinski definition) is 1. The van der Waals surface area contributed by atoms with Crippen molar-refractivity contribution in [2.45, 2.75) is 0 Å². The van der Waals surface area contributed by atoms with Gasteiger partial charge in [-0.15, -0.1) is 0 Å². The molecule has 2 aliphatic rings. The standard InChI is InChI=1S/C11H13NO3.C5H10N2O2/c13-11(12-6-8-14-9-7-12)15-10-4-2-1-3-5-10;6-5(8)7-1-3-9-4-2-7/h1-5H,6-9H2;1-4H2,(H2,6,8). The Labute approximate surface area is 141 Å². The van der Waals surface area contributed by atoms with Crippen molar-refractivity contribution in [2.24, 2.45) is 5.73 Å². The lowest BCUT2D eigenvalue weighted by atomic mass is 10.3. The van der Waals surface area contributed by atoms with Crippen molar-refractivity contribution >= 4 is 12.1 Å². The molecule has 0 saturated carbocycles. The predicted octanol–water partition coefficient (Wildman–Crippen LogP) is 0.915. The van der Waals surface area contributed by atoms with Gasteiger partial charge in [0.05, 0.1) is 26.4 Å². The first-order valence-electron chi connectivity index (χ1n) is 7.88. The number of rotatable bonds is 1. The van der Waals surface area contributed by atoms with Gasteiger partial charge in [-0.25, -0.2) is 9.59 Å². The smallest absolute Gasteiger partial charge is 0.410 e. The summed E-state index contributed by atoms with van der Waals surface area (Å²) in [5.74, 6) is 0.578. The molecule has 0 spiro atoms. The van der Waals surface area contributed by atoms with Crippen molar-refractivity contribution in [1.82, 2.24) is 9.80 Å². The number of carbonyl (C=O) groups is 2. The Morgan fingerprint density at radius 3 is 1.83 bits per heavy atom. The summed E-state index contributed by atoms with van der Waals surface area (Å²) >= 11 is 0. The molecule has 3 amide bonds. The monoisotopic (exact) mass is 337 g/mol. The zero-order valence-corrected chi connectivity index (χ0v) is 13.6. The van der Waals surface area contributed by atoms with Crippen LogP contribution in [0.1, 0.15) is 0 Å². The molecule has 0 unspecified atom stereocenters. The number of para-hydroxylation sites is 1. The van der Waals surface area contributed by atoms with Crippen molar-refractivity contribution in [2.75, 3.05) is 52.6 Å². The minimum atomic E-state index is -0.349. The molecule has 132 valence electrons. The second-order valence-electron chi connectivity index (χ2n) is 5.22. The minimum Gasteiger partial charge on any atom is -0.410 e. The number of amides is 3. The van der Waals surface area contributed by atoms with E-state index in [2.05, 4.69) is 0 Å². The van der Waals surface area contributed by atoms with Gasteiger partial charge in [0.25, 0.3) is 0 Å². The Morgan fingerprint density at radius 2 is 1.38 bits per heavy atom. The summed E-state index contributed by atoms with van der Waals surface area (Å²) < 4.78 is 15.3. The molecular weight excluding hydrogens is 314 g/mol. The normalized spacial score (nSPS) is 17.5. The number of hydrogen-bond acceptors (Lipinski definition) is 5. The predicted molar refractivity (Wildman–Crippen MR) is 86.8 cm³/mol. The molecule has 2 heterocycles. The highest BCUT2D eigenvalue weighted by atomic mass is 16.6. The molecular formula is C16H23N3O5. The van der Waals surface area contributed by atoms with E-state index < -0.39 is 0 Å². The molecule has 24 heavy (non-hydrogen) atoms. The number of morpholine rings is 2. The maximum absolute atomic E-state index is 11.6. The van der Waals surface area contributed by atoms with E-state index in [4.69, 9.17) is 19.9 Å². The van der Waals surface area contributed by atoms with Crippen LogP contribution in [0.3, 0.4) is 0 Å². The SMILES string of the molecule is NC(=O)N1CCOCC1.O=C(Oc1ccccc1)N1CCOCC1. The Hall–Kier alpha value is -2.32. The molecule has 3 rings (SSSR count). The average molecular weight is 337 g/mol. The molecule has 0 atom stereocenters. The number of nitrogens with zero attached hydrogens (tertiary/aromatic N) is 2. The van der Waals surface area contributed by atoms with Crippen molar-refractivity contribution in [3.63, 3.8) is 0 Å². The third kappa shape index (κ3) is 6.05. The van der Waals surface area contributed by atoms with Gasteiger partial charge >= 0.3 is 12.1 Å². The van der Waals surface area contributed by atoms with E-state index in [0.29, 0.717) is 58.4 Å². The molecule has 1 aromatic carbocycles. The second kappa shape index (κ2) is 9.74. The van der Waals surface area contributed by atoms with Gasteiger partial charge in [-0.1, -0.05) is 18.2 Å². The van der Waals surface area contributed by atoms with Crippen LogP contribution in [0.4, 0.5) is 9.59 Å². The minimum absolute atomic E-state index is 0.301. The summed E-state index contributed by atoms with van der Waals surface area (Å²) in [5.41, 5.74) is 5.00. The molecule has 8 heteroatoms. The number of urea groups is 1. The fourth-order valence-corrected chi connectivity index (χ4v) is 2.18. The third-order valence-electron chi connectivity index (χ3n) is 3.54. The summed E-state index contributed by atoms with van der Waals surface area (Å²) in [6, 6.07) is 8.73. The third-order valence-corrected chi connectivity index (χ3v) is 3.54. The summed E-state index contributed by atoms with van der Waals surface area (Å²) in [4.78, 5) is 25.3. The van der Waals surface area contributed by atoms with Crippen LogP contribution in [-0.4, -0.2) is 74.5 Å². The topological polar surface area (TPSA) is 94.3 Å². The van der Waals surface area contributed by atoms with Gasteiger partial charge in [0.15, 0.2) is 0 Å². The van der Waals surface area contributed by atoms with Crippen LogP contribution in [0, 0.1) is 0 Å². The number of benzene rings is 1. The number of primary amides is 1. The average Bonchev–Trinajstić information content (AvgIpc) is 2.64. The van der Waals surface area contributed by atoms with E-state index in [1.165, 1.54) is 0 Å². The lowest BCUT2D eigenvalue weighted by Crippen LogP contribution is -2.43. The van der Waals surface area contributed by atoms with Crippen molar-refractivity contribution in [3.05, 3.63) is 30.3 Å². The molecule has 0 aromatic heterocycles. The van der Waals surface area contributed by atoms with Crippen LogP contribution >= 0.6 is 0 Å². The Bertz CT molecular complexity index is 514. The van der Waals surface area contributed by atoms with E-state index in [1.807, 2.05) is 18.2 Å². The lowest BCUT2D eigenvalue weighted by molar-refractivity contribution is 0.0416. The van der Waals surface area contributed by atoms with E-state index in [9.17, 15) is 9.59 Å². The van der Waals surface area contributed by atoms with E-state index >= 15 is 0 Å². The summed E-state index contributed by atoms with van der Waals surface area (Å²) in [6.07, 6.45) is -0.301. The zero-order chi connectivity index (χ0) is 17.2. The van der Waals surface area contributed by atoms with Gasteiger partial charge < -0.3 is 29.7 Å². The lowest BCUT2D eigenvalue weighted by Gasteiger charge is -2.25. The molecule has 0 bridgehead atoms. The highest BCUT2D eigenvalue weighted by Gasteiger charge is 2.18. The summed E-state index contributed by atoms with van der Waals surface area (Å²) in [7, 11) is 0. The molecule has 2 aliphatic heterocycles. The highest BCUT2D eigenvalue weighted by Crippen LogP contribution is 2.10. The van der Waals surface area contributed by atoms with Gasteiger partial charge in [0.1, 0.15) is 5.75 Å². The van der Waals surface area contributed by atoms with Crippen LogP contribution in [-0.2, 0) is 9.47 Å². The fourth-order valence-electron chi connectivity index (χ4n) is 2.18. The Morgan fingerprint density at radius 1 is 0.875 bits per heavy atom. The maximum Gasteiger partial charge on any atom is 0.415 e. The molecule has 1 aromatic rings. The van der Waals surface area contributed by atoms with Gasteiger partial charge in [-0.2, -0.15) is 0 Å². The molecule has 8 nitrogen and oxygen atoms in total. The van der Waals surface area contributed by atoms with Crippen molar-refractivity contribution in [3.8, 4) is 5.75 Å². The van der Waals surface area contributed by atoms with E-state index in [0.717, 1.165) is 0 Å². The maximum atomic E-state index is 11.6. The van der Waals surface area contributed by atoms with Crippen LogP contribution in [0.25, 0.3) is 0 Å². The summed E-state index contributed by atoms with van der Waals surface area (Å²) in [5, 5.41) is 0. The zero-order valence-electron chi connectivity index (χ0n) is 13.6. The van der Waals surface area contributed by atoms with Gasteiger partial charge in [-0.3, -0.25) is 0 Å². The number of carbonyl (C=O) groups excluding carboxylic acids is 2. The van der Waals surface area contributed by atoms with Crippen LogP contribution in [0.15, 0.2) is 30.3 Å². The van der Waals surface area contributed by atoms with Crippen LogP contribution < -0.4 is 10.5 Å². The Kier molecular flexibility index (Phi) is 7.31. The quantitative estimate of drug-likeness (QED) is 0.822. The van der Waals surface area contributed by atoms with Crippen LogP contribution in [0.2, 0.25) is 0 Å². The summed E-state index contributed by atoms with van der Waals surface area (Å²) in [6.45, 7) is 4.88.